The lowest BCUT2D eigenvalue weighted by Gasteiger charge is -2.35. The molecule has 3 heterocycles. The van der Waals surface area contributed by atoms with E-state index in [9.17, 15) is 9.59 Å². The fourth-order valence-corrected chi connectivity index (χ4v) is 4.26. The molecule has 0 aromatic carbocycles. The van der Waals surface area contributed by atoms with Crippen LogP contribution in [0.5, 0.6) is 0 Å². The number of fused-ring (bicyclic) bond motifs is 3. The molecular weight excluding hydrogens is 344 g/mol. The Balaban J connectivity index is 1.66. The predicted octanol–water partition coefficient (Wildman–Crippen LogP) is 3.05. The molecule has 7 heteroatoms. The van der Waals surface area contributed by atoms with Crippen molar-refractivity contribution in [1.82, 2.24) is 19.5 Å². The zero-order valence-electron chi connectivity index (χ0n) is 16.2. The minimum Gasteiger partial charge on any atom is -0.463 e. The average molecular weight is 370 g/mol. The number of carbonyl (C=O) groups excluding carboxylic acids is 1. The minimum absolute atomic E-state index is 0.153. The van der Waals surface area contributed by atoms with E-state index in [-0.39, 0.29) is 17.5 Å². The number of nitrogens with zero attached hydrogens (tertiary/aromatic N) is 3. The van der Waals surface area contributed by atoms with Crippen molar-refractivity contribution in [2.75, 3.05) is 0 Å². The number of hydrogen-bond acceptors (Lipinski definition) is 4. The van der Waals surface area contributed by atoms with Gasteiger partial charge in [-0.05, 0) is 32.1 Å². The second-order valence-electron chi connectivity index (χ2n) is 7.89. The second kappa shape index (κ2) is 6.55. The molecule has 4 rings (SSSR count). The molecule has 1 aliphatic rings. The van der Waals surface area contributed by atoms with Gasteiger partial charge in [0.1, 0.15) is 17.4 Å². The zero-order chi connectivity index (χ0) is 19.3. The molecule has 4 unspecified atom stereocenters. The Morgan fingerprint density at radius 1 is 1.33 bits per heavy atom. The van der Waals surface area contributed by atoms with E-state index in [1.807, 2.05) is 13.0 Å². The van der Waals surface area contributed by atoms with E-state index in [0.717, 1.165) is 18.4 Å². The third kappa shape index (κ3) is 2.85. The van der Waals surface area contributed by atoms with Crippen molar-refractivity contribution < 1.29 is 9.21 Å². The maximum absolute atomic E-state index is 13.0. The summed E-state index contributed by atoms with van der Waals surface area (Å²) in [5, 5.41) is 7.57. The largest absolute Gasteiger partial charge is 0.463 e. The van der Waals surface area contributed by atoms with Crippen LogP contribution in [0.25, 0.3) is 16.6 Å². The fraction of sp³-hybridized carbons (Fsp3) is 0.550. The molecule has 144 valence electrons. The maximum atomic E-state index is 13.0. The summed E-state index contributed by atoms with van der Waals surface area (Å²) in [5.41, 5.74) is 1.62. The highest BCUT2D eigenvalue weighted by molar-refractivity contribution is 5.83. The van der Waals surface area contributed by atoms with E-state index in [4.69, 9.17) is 4.42 Å². The van der Waals surface area contributed by atoms with E-state index in [0.29, 0.717) is 28.8 Å². The fourth-order valence-electron chi connectivity index (χ4n) is 4.26. The Morgan fingerprint density at radius 3 is 2.89 bits per heavy atom. The van der Waals surface area contributed by atoms with Crippen LogP contribution in [0.2, 0.25) is 0 Å². The summed E-state index contributed by atoms with van der Waals surface area (Å²) in [6.45, 7) is 7.97. The van der Waals surface area contributed by atoms with Crippen LogP contribution in [-0.2, 0) is 4.79 Å². The van der Waals surface area contributed by atoms with Gasteiger partial charge in [-0.1, -0.05) is 26.7 Å². The summed E-state index contributed by atoms with van der Waals surface area (Å²) >= 11 is 0. The molecular formula is C20H26N4O3. The van der Waals surface area contributed by atoms with Crippen LogP contribution in [-0.4, -0.2) is 26.1 Å². The van der Waals surface area contributed by atoms with Crippen LogP contribution in [0, 0.1) is 18.8 Å². The molecule has 1 saturated carbocycles. The van der Waals surface area contributed by atoms with E-state index in [2.05, 4.69) is 24.3 Å². The quantitative estimate of drug-likeness (QED) is 0.768. The van der Waals surface area contributed by atoms with Gasteiger partial charge in [-0.3, -0.25) is 14.0 Å². The summed E-state index contributed by atoms with van der Waals surface area (Å²) in [5.74, 6) is 1.51. The summed E-state index contributed by atoms with van der Waals surface area (Å²) in [4.78, 5) is 25.8. The van der Waals surface area contributed by atoms with Crippen molar-refractivity contribution in [3.63, 3.8) is 0 Å². The van der Waals surface area contributed by atoms with Gasteiger partial charge in [-0.15, -0.1) is 0 Å². The second-order valence-corrected chi connectivity index (χ2v) is 7.89. The molecule has 0 radical (unpaired) electrons. The number of hydrogen-bond donors (Lipinski definition) is 1. The third-order valence-corrected chi connectivity index (χ3v) is 6.21. The molecule has 0 aliphatic heterocycles. The van der Waals surface area contributed by atoms with Crippen molar-refractivity contribution >= 4 is 22.5 Å². The van der Waals surface area contributed by atoms with Crippen LogP contribution < -0.4 is 10.9 Å². The standard InChI is InChI=1S/C20H26N4O3/c1-11-6-5-7-15(12(11)2)21-19(25)13(3)24-20(26)17-10-18-16(8-9-27-18)23(17)14(4)22-24/h8-13,15H,5-7H2,1-4H3,(H,21,25). The molecule has 0 bridgehead atoms. The lowest BCUT2D eigenvalue weighted by atomic mass is 9.78. The van der Waals surface area contributed by atoms with Crippen molar-refractivity contribution in [3.05, 3.63) is 34.6 Å². The normalized spacial score (nSPS) is 24.4. The number of rotatable bonds is 3. The van der Waals surface area contributed by atoms with Crippen molar-refractivity contribution in [1.29, 1.82) is 0 Å². The van der Waals surface area contributed by atoms with Gasteiger partial charge in [-0.25, -0.2) is 4.68 Å². The number of amides is 1. The first kappa shape index (κ1) is 17.8. The number of nitrogens with one attached hydrogen (secondary N) is 1. The number of furan rings is 1. The van der Waals surface area contributed by atoms with Crippen LogP contribution >= 0.6 is 0 Å². The van der Waals surface area contributed by atoms with Crippen LogP contribution in [0.15, 0.2) is 27.6 Å². The van der Waals surface area contributed by atoms with E-state index < -0.39 is 6.04 Å². The molecule has 3 aromatic heterocycles. The lowest BCUT2D eigenvalue weighted by Crippen LogP contribution is -2.47. The molecule has 1 aliphatic carbocycles. The number of carbonyl (C=O) groups is 1. The third-order valence-electron chi connectivity index (χ3n) is 6.21. The molecule has 1 amide bonds. The van der Waals surface area contributed by atoms with Gasteiger partial charge >= 0.3 is 0 Å². The molecule has 0 saturated heterocycles. The summed E-state index contributed by atoms with van der Waals surface area (Å²) in [6.07, 6.45) is 4.90. The van der Waals surface area contributed by atoms with E-state index >= 15 is 0 Å². The minimum atomic E-state index is -0.674. The number of aryl methyl sites for hydroxylation is 1. The van der Waals surface area contributed by atoms with Crippen molar-refractivity contribution in [3.8, 4) is 0 Å². The molecule has 7 nitrogen and oxygen atoms in total. The monoisotopic (exact) mass is 370 g/mol. The topological polar surface area (TPSA) is 81.5 Å². The van der Waals surface area contributed by atoms with E-state index in [1.54, 1.807) is 23.7 Å². The van der Waals surface area contributed by atoms with Gasteiger partial charge in [0.15, 0.2) is 5.58 Å². The highest BCUT2D eigenvalue weighted by Gasteiger charge is 2.30. The molecule has 1 N–H and O–H groups in total. The predicted molar refractivity (Wildman–Crippen MR) is 103 cm³/mol. The van der Waals surface area contributed by atoms with Gasteiger partial charge in [-0.2, -0.15) is 5.10 Å². The van der Waals surface area contributed by atoms with Gasteiger partial charge < -0.3 is 9.73 Å². The Kier molecular flexibility index (Phi) is 4.32. The molecule has 1 fully saturated rings. The average Bonchev–Trinajstić information content (AvgIpc) is 3.22. The number of aromatic nitrogens is 3. The van der Waals surface area contributed by atoms with Crippen molar-refractivity contribution in [2.24, 2.45) is 11.8 Å². The van der Waals surface area contributed by atoms with Gasteiger partial charge in [0.25, 0.3) is 5.56 Å². The first-order valence-electron chi connectivity index (χ1n) is 9.67. The van der Waals surface area contributed by atoms with Crippen LogP contribution in [0.1, 0.15) is 51.9 Å². The Hall–Kier alpha value is -2.57. The summed E-state index contributed by atoms with van der Waals surface area (Å²) in [6, 6.07) is 2.99. The SMILES string of the molecule is Cc1nn(C(C)C(=O)NC2CCCC(C)C2C)c(=O)c2cc3occc3n12. The Morgan fingerprint density at radius 2 is 2.11 bits per heavy atom. The van der Waals surface area contributed by atoms with Crippen molar-refractivity contribution in [2.45, 2.75) is 59.0 Å². The van der Waals surface area contributed by atoms with Gasteiger partial charge in [0.05, 0.1) is 11.8 Å². The smallest absolute Gasteiger partial charge is 0.291 e. The van der Waals surface area contributed by atoms with Crippen LogP contribution in [0.3, 0.4) is 0 Å². The highest BCUT2D eigenvalue weighted by Crippen LogP contribution is 2.29. The first-order chi connectivity index (χ1) is 12.9. The van der Waals surface area contributed by atoms with E-state index in [1.165, 1.54) is 11.1 Å². The Labute approximate surface area is 157 Å². The van der Waals surface area contributed by atoms with Crippen LogP contribution in [0.4, 0.5) is 0 Å². The lowest BCUT2D eigenvalue weighted by molar-refractivity contribution is -0.125. The molecule has 3 aromatic rings. The molecule has 27 heavy (non-hydrogen) atoms. The highest BCUT2D eigenvalue weighted by atomic mass is 16.3. The van der Waals surface area contributed by atoms with Gasteiger partial charge in [0, 0.05) is 18.2 Å². The summed E-state index contributed by atoms with van der Waals surface area (Å²) < 4.78 is 8.47. The van der Waals surface area contributed by atoms with Gasteiger partial charge in [0.2, 0.25) is 5.91 Å². The molecule has 4 atom stereocenters. The zero-order valence-corrected chi connectivity index (χ0v) is 16.2. The summed E-state index contributed by atoms with van der Waals surface area (Å²) in [7, 11) is 0. The Bertz CT molecular complexity index is 1060. The maximum Gasteiger partial charge on any atom is 0.291 e. The first-order valence-corrected chi connectivity index (χ1v) is 9.67. The molecule has 0 spiro atoms.